The molecular weight excluding hydrogens is 505 g/mol. The van der Waals surface area contributed by atoms with E-state index in [1.165, 1.54) is 32.1 Å². The van der Waals surface area contributed by atoms with Crippen LogP contribution in [0.4, 0.5) is 0 Å². The minimum absolute atomic E-state index is 0.0382. The van der Waals surface area contributed by atoms with Crippen molar-refractivity contribution < 1.29 is 4.79 Å². The number of rotatable bonds is 3. The predicted octanol–water partition coefficient (Wildman–Crippen LogP) is 4.67. The van der Waals surface area contributed by atoms with E-state index < -0.39 is 0 Å². The third kappa shape index (κ3) is 5.23. The molecule has 1 aliphatic carbocycles. The maximum atomic E-state index is 13.1. The number of nitrogens with one attached hydrogen (secondary N) is 1. The first-order valence-corrected chi connectivity index (χ1v) is 12.2. The van der Waals surface area contributed by atoms with E-state index in [4.69, 9.17) is 0 Å². The second kappa shape index (κ2) is 9.88. The van der Waals surface area contributed by atoms with Crippen molar-refractivity contribution in [2.24, 2.45) is 5.92 Å². The largest absolute Gasteiger partial charge is 0.335 e. The van der Waals surface area contributed by atoms with Crippen molar-refractivity contribution >= 4 is 44.4 Å². The summed E-state index contributed by atoms with van der Waals surface area (Å²) in [7, 11) is 0. The molecule has 0 aromatic carbocycles. The summed E-state index contributed by atoms with van der Waals surface area (Å²) in [6.45, 7) is 0.811. The minimum Gasteiger partial charge on any atom is -0.335 e. The molecule has 5 atom stereocenters. The molecule has 1 N–H and O–H groups in total. The van der Waals surface area contributed by atoms with Gasteiger partial charge in [0.2, 0.25) is 0 Å². The molecule has 1 amide bonds. The molecule has 3 rings (SSSR count). The van der Waals surface area contributed by atoms with E-state index in [2.05, 4.69) is 49.9 Å². The molecule has 0 spiro atoms. The van der Waals surface area contributed by atoms with Crippen LogP contribution in [0.25, 0.3) is 0 Å². The third-order valence-corrected chi connectivity index (χ3v) is 8.10. The van der Waals surface area contributed by atoms with Gasteiger partial charge in [0.1, 0.15) is 11.6 Å². The Morgan fingerprint density at radius 2 is 1.92 bits per heavy atom. The van der Waals surface area contributed by atoms with Crippen LogP contribution >= 0.6 is 38.5 Å². The van der Waals surface area contributed by atoms with Crippen LogP contribution in [0.15, 0.2) is 11.6 Å². The van der Waals surface area contributed by atoms with E-state index in [1.54, 1.807) is 0 Å². The molecule has 2 saturated heterocycles. The highest BCUT2D eigenvalue weighted by atomic mass is 127. The monoisotopic (exact) mass is 533 g/mol. The highest BCUT2D eigenvalue weighted by Crippen LogP contribution is 2.36. The molecule has 26 heavy (non-hydrogen) atoms. The maximum Gasteiger partial charge on any atom is 0.264 e. The first-order valence-electron chi connectivity index (χ1n) is 10.1. The number of hydrogen-bond acceptors (Lipinski definition) is 3. The Morgan fingerprint density at radius 1 is 1.12 bits per heavy atom. The maximum absolute atomic E-state index is 13.1. The molecule has 0 radical (unpaired) electrons. The third-order valence-electron chi connectivity index (χ3n) is 6.13. The van der Waals surface area contributed by atoms with Gasteiger partial charge in [0.15, 0.2) is 0 Å². The molecule has 0 bridgehead atoms. The average molecular weight is 534 g/mol. The van der Waals surface area contributed by atoms with Gasteiger partial charge in [0.05, 0.1) is 4.95 Å². The summed E-state index contributed by atoms with van der Waals surface area (Å²) in [4.78, 5) is 15.4. The quantitative estimate of drug-likeness (QED) is 0.143. The molecular formula is C20H29BrIN3O. The normalized spacial score (nSPS) is 36.4. The van der Waals surface area contributed by atoms with Gasteiger partial charge in [-0.15, -0.1) is 0 Å². The van der Waals surface area contributed by atoms with Crippen LogP contribution in [-0.4, -0.2) is 38.3 Å². The Bertz CT molecular complexity index is 576. The number of halogens is 2. The van der Waals surface area contributed by atoms with E-state index in [0.29, 0.717) is 17.5 Å². The number of carbonyl (C=O) groups is 1. The van der Waals surface area contributed by atoms with Gasteiger partial charge in [-0.1, -0.05) is 44.9 Å². The lowest BCUT2D eigenvalue weighted by Gasteiger charge is -2.31. The predicted molar refractivity (Wildman–Crippen MR) is 116 cm³/mol. The summed E-state index contributed by atoms with van der Waals surface area (Å²) in [6, 6.07) is 2.65. The van der Waals surface area contributed by atoms with Crippen LogP contribution in [-0.2, 0) is 4.79 Å². The van der Waals surface area contributed by atoms with Gasteiger partial charge in [-0.2, -0.15) is 5.26 Å². The van der Waals surface area contributed by atoms with Crippen molar-refractivity contribution in [1.82, 2.24) is 10.2 Å². The minimum atomic E-state index is -0.0382. The Morgan fingerprint density at radius 3 is 2.69 bits per heavy atom. The standard InChI is InChI=1S/C20H29BrIN3O/c21-19-8-2-6-17(24-19)12-15(13-23)20(26)25-11-3-7-18(25)14-4-1-5-16(22)10-9-14/h12,14,16-19,24H,1-11H2/b15-12+. The smallest absolute Gasteiger partial charge is 0.264 e. The van der Waals surface area contributed by atoms with E-state index in [9.17, 15) is 10.1 Å². The number of hydrogen-bond donors (Lipinski definition) is 1. The zero-order valence-corrected chi connectivity index (χ0v) is 19.0. The lowest BCUT2D eigenvalue weighted by atomic mass is 9.90. The molecule has 0 aromatic heterocycles. The van der Waals surface area contributed by atoms with Gasteiger partial charge >= 0.3 is 0 Å². The van der Waals surface area contributed by atoms with Crippen molar-refractivity contribution in [3.63, 3.8) is 0 Å². The zero-order valence-electron chi connectivity index (χ0n) is 15.3. The van der Waals surface area contributed by atoms with Gasteiger partial charge < -0.3 is 4.90 Å². The summed E-state index contributed by atoms with van der Waals surface area (Å²) in [5.41, 5.74) is 0.330. The number of amides is 1. The second-order valence-electron chi connectivity index (χ2n) is 7.94. The summed E-state index contributed by atoms with van der Waals surface area (Å²) in [6.07, 6.45) is 13.6. The first-order chi connectivity index (χ1) is 12.6. The van der Waals surface area contributed by atoms with Crippen LogP contribution in [0.3, 0.4) is 0 Å². The van der Waals surface area contributed by atoms with Gasteiger partial charge in [-0.05, 0) is 69.8 Å². The molecule has 3 fully saturated rings. The fourth-order valence-corrected chi connectivity index (χ4v) is 6.23. The second-order valence-corrected chi connectivity index (χ2v) is 10.8. The molecule has 2 aliphatic heterocycles. The van der Waals surface area contributed by atoms with Crippen LogP contribution < -0.4 is 5.32 Å². The van der Waals surface area contributed by atoms with Crippen LogP contribution in [0.2, 0.25) is 0 Å². The number of likely N-dealkylation sites (tertiary alicyclic amines) is 1. The molecule has 1 saturated carbocycles. The lowest BCUT2D eigenvalue weighted by Crippen LogP contribution is -2.42. The van der Waals surface area contributed by atoms with Crippen molar-refractivity contribution in [3.05, 3.63) is 11.6 Å². The van der Waals surface area contributed by atoms with Gasteiger partial charge in [0, 0.05) is 22.6 Å². The fourth-order valence-electron chi connectivity index (χ4n) is 4.76. The van der Waals surface area contributed by atoms with Crippen LogP contribution in [0.1, 0.15) is 64.2 Å². The Kier molecular flexibility index (Phi) is 7.83. The van der Waals surface area contributed by atoms with Crippen LogP contribution in [0.5, 0.6) is 0 Å². The van der Waals surface area contributed by atoms with Crippen molar-refractivity contribution in [3.8, 4) is 6.07 Å². The van der Waals surface area contributed by atoms with Crippen molar-refractivity contribution in [2.75, 3.05) is 6.54 Å². The van der Waals surface area contributed by atoms with Gasteiger partial charge in [0.25, 0.3) is 5.91 Å². The van der Waals surface area contributed by atoms with Gasteiger partial charge in [-0.3, -0.25) is 10.1 Å². The summed E-state index contributed by atoms with van der Waals surface area (Å²) in [5.74, 6) is 0.574. The number of alkyl halides is 2. The number of nitriles is 1. The highest BCUT2D eigenvalue weighted by Gasteiger charge is 2.36. The van der Waals surface area contributed by atoms with E-state index in [-0.39, 0.29) is 16.9 Å². The topological polar surface area (TPSA) is 56.1 Å². The Hall–Kier alpha value is -0.130. The van der Waals surface area contributed by atoms with Crippen molar-refractivity contribution in [1.29, 1.82) is 5.26 Å². The molecule has 144 valence electrons. The zero-order chi connectivity index (χ0) is 18.5. The molecule has 6 heteroatoms. The Balaban J connectivity index is 1.69. The SMILES string of the molecule is N#C/C(=C\C1CCCC(Br)N1)C(=O)N1CCCC1C1CCCC(I)CC1. The molecule has 0 aromatic rings. The number of piperidine rings is 1. The average Bonchev–Trinajstić information content (AvgIpc) is 3.02. The number of carbonyl (C=O) groups excluding carboxylic acids is 1. The van der Waals surface area contributed by atoms with E-state index in [0.717, 1.165) is 42.6 Å². The lowest BCUT2D eigenvalue weighted by molar-refractivity contribution is -0.128. The van der Waals surface area contributed by atoms with Crippen molar-refractivity contribution in [2.45, 2.75) is 85.2 Å². The van der Waals surface area contributed by atoms with Crippen LogP contribution in [0, 0.1) is 17.2 Å². The fraction of sp³-hybridized carbons (Fsp3) is 0.800. The summed E-state index contributed by atoms with van der Waals surface area (Å²) < 4.78 is 0.785. The summed E-state index contributed by atoms with van der Waals surface area (Å²) >= 11 is 6.18. The van der Waals surface area contributed by atoms with Gasteiger partial charge in [-0.25, -0.2) is 0 Å². The number of nitrogens with zero attached hydrogens (tertiary/aromatic N) is 2. The molecule has 5 unspecified atom stereocenters. The summed E-state index contributed by atoms with van der Waals surface area (Å²) in [5, 5.41) is 13.1. The highest BCUT2D eigenvalue weighted by molar-refractivity contribution is 14.1. The Labute approximate surface area is 179 Å². The van der Waals surface area contributed by atoms with E-state index in [1.807, 2.05) is 11.0 Å². The first kappa shape index (κ1) is 20.6. The molecule has 4 nitrogen and oxygen atoms in total. The molecule has 2 heterocycles. The molecule has 3 aliphatic rings. The van der Waals surface area contributed by atoms with E-state index >= 15 is 0 Å².